The number of anilines is 1. The third-order valence-electron chi connectivity index (χ3n) is 2.62. The molecule has 2 heterocycles. The number of pyridine rings is 1. The van der Waals surface area contributed by atoms with Crippen LogP contribution in [0.25, 0.3) is 0 Å². The van der Waals surface area contributed by atoms with Gasteiger partial charge in [-0.25, -0.2) is 22.5 Å². The van der Waals surface area contributed by atoms with E-state index in [9.17, 15) is 13.2 Å². The fraction of sp³-hybridized carbons (Fsp3) is 0.300. The Hall–Kier alpha value is -2.14. The van der Waals surface area contributed by atoms with Gasteiger partial charge in [-0.3, -0.25) is 0 Å². The molecule has 0 aromatic carbocycles. The maximum absolute atomic E-state index is 11.8. The van der Waals surface area contributed by atoms with E-state index in [0.717, 1.165) is 4.31 Å². The Bertz CT molecular complexity index is 635. The van der Waals surface area contributed by atoms with Crippen LogP contribution in [-0.2, 0) is 14.8 Å². The van der Waals surface area contributed by atoms with E-state index in [1.165, 1.54) is 18.3 Å². The van der Waals surface area contributed by atoms with E-state index in [1.54, 1.807) is 0 Å². The van der Waals surface area contributed by atoms with Crippen LogP contribution in [0.3, 0.4) is 0 Å². The van der Waals surface area contributed by atoms with E-state index >= 15 is 0 Å². The first-order chi connectivity index (χ1) is 8.45. The second-order valence-corrected chi connectivity index (χ2v) is 5.73. The Kier molecular flexibility index (Phi) is 2.92. The van der Waals surface area contributed by atoms with Crippen molar-refractivity contribution in [1.29, 1.82) is 5.26 Å². The lowest BCUT2D eigenvalue weighted by Gasteiger charge is -2.20. The van der Waals surface area contributed by atoms with Gasteiger partial charge in [-0.15, -0.1) is 0 Å². The summed E-state index contributed by atoms with van der Waals surface area (Å²) in [6.45, 7) is 0. The standard InChI is InChI=1S/C10H9N3O4S/c11-6-7-1-3-12-9(5-7)13-8(10(14)15)2-4-18(13,16)17/h1,3,5,8H,2,4H2,(H,14,15)/t8-/m0/s1. The van der Waals surface area contributed by atoms with E-state index in [1.807, 2.05) is 6.07 Å². The minimum Gasteiger partial charge on any atom is -0.480 e. The van der Waals surface area contributed by atoms with Crippen LogP contribution >= 0.6 is 0 Å². The zero-order chi connectivity index (χ0) is 13.3. The lowest BCUT2D eigenvalue weighted by atomic mass is 10.2. The summed E-state index contributed by atoms with van der Waals surface area (Å²) in [4.78, 5) is 14.9. The quantitative estimate of drug-likeness (QED) is 0.803. The van der Waals surface area contributed by atoms with Gasteiger partial charge >= 0.3 is 5.97 Å². The molecule has 1 aliphatic rings. The van der Waals surface area contributed by atoms with E-state index in [0.29, 0.717) is 0 Å². The lowest BCUT2D eigenvalue weighted by Crippen LogP contribution is -2.39. The summed E-state index contributed by atoms with van der Waals surface area (Å²) in [5, 5.41) is 17.8. The first-order valence-corrected chi connectivity index (χ1v) is 6.67. The molecule has 0 amide bonds. The van der Waals surface area contributed by atoms with E-state index in [2.05, 4.69) is 4.98 Å². The minimum absolute atomic E-state index is 0.0100. The van der Waals surface area contributed by atoms with Gasteiger partial charge in [-0.1, -0.05) is 0 Å². The largest absolute Gasteiger partial charge is 0.480 e. The molecule has 0 saturated carbocycles. The SMILES string of the molecule is N#Cc1ccnc(N2[C@H](C(=O)O)CCS2(=O)=O)c1. The lowest BCUT2D eigenvalue weighted by molar-refractivity contribution is -0.138. The highest BCUT2D eigenvalue weighted by Crippen LogP contribution is 2.27. The number of rotatable bonds is 2. The Morgan fingerprint density at radius 1 is 1.61 bits per heavy atom. The molecule has 1 atom stereocenters. The summed E-state index contributed by atoms with van der Waals surface area (Å²) in [5.41, 5.74) is 0.228. The van der Waals surface area contributed by atoms with Crippen molar-refractivity contribution in [2.75, 3.05) is 10.1 Å². The molecule has 1 saturated heterocycles. The average Bonchev–Trinajstić information content (AvgIpc) is 2.65. The van der Waals surface area contributed by atoms with Crippen LogP contribution in [0.1, 0.15) is 12.0 Å². The number of carbonyl (C=O) groups is 1. The normalized spacial score (nSPS) is 21.5. The number of nitriles is 1. The molecule has 1 aromatic rings. The van der Waals surface area contributed by atoms with Gasteiger partial charge in [0.1, 0.15) is 11.9 Å². The predicted molar refractivity (Wildman–Crippen MR) is 61.3 cm³/mol. The molecule has 0 aliphatic carbocycles. The smallest absolute Gasteiger partial charge is 0.327 e. The molecule has 0 spiro atoms. The molecule has 18 heavy (non-hydrogen) atoms. The third kappa shape index (κ3) is 2.00. The molecule has 1 N–H and O–H groups in total. The number of carboxylic acid groups (broad SMARTS) is 1. The van der Waals surface area contributed by atoms with Crippen molar-refractivity contribution in [2.45, 2.75) is 12.5 Å². The van der Waals surface area contributed by atoms with Gasteiger partial charge in [-0.2, -0.15) is 5.26 Å². The Morgan fingerprint density at radius 2 is 2.33 bits per heavy atom. The second kappa shape index (κ2) is 4.27. The maximum Gasteiger partial charge on any atom is 0.327 e. The average molecular weight is 267 g/mol. The number of aliphatic carboxylic acids is 1. The highest BCUT2D eigenvalue weighted by Gasteiger charge is 2.42. The van der Waals surface area contributed by atoms with Crippen LogP contribution in [0, 0.1) is 11.3 Å². The molecular weight excluding hydrogens is 258 g/mol. The van der Waals surface area contributed by atoms with Crippen LogP contribution in [0.4, 0.5) is 5.82 Å². The summed E-state index contributed by atoms with van der Waals surface area (Å²) >= 11 is 0. The summed E-state index contributed by atoms with van der Waals surface area (Å²) in [6.07, 6.45) is 1.29. The van der Waals surface area contributed by atoms with Gasteiger partial charge in [-0.05, 0) is 18.6 Å². The van der Waals surface area contributed by atoms with Crippen LogP contribution in [-0.4, -0.2) is 36.3 Å². The monoisotopic (exact) mass is 267 g/mol. The Balaban J connectivity index is 2.52. The summed E-state index contributed by atoms with van der Waals surface area (Å²) in [5.74, 6) is -1.48. The molecule has 2 rings (SSSR count). The molecule has 1 aliphatic heterocycles. The van der Waals surface area contributed by atoms with E-state index in [4.69, 9.17) is 10.4 Å². The predicted octanol–water partition coefficient (Wildman–Crippen LogP) is -0.0536. The topological polar surface area (TPSA) is 111 Å². The zero-order valence-electron chi connectivity index (χ0n) is 9.15. The summed E-state index contributed by atoms with van der Waals surface area (Å²) < 4.78 is 24.4. The summed E-state index contributed by atoms with van der Waals surface area (Å²) in [6, 6.07) is 3.38. The fourth-order valence-electron chi connectivity index (χ4n) is 1.80. The van der Waals surface area contributed by atoms with Gasteiger partial charge < -0.3 is 5.11 Å². The third-order valence-corrected chi connectivity index (χ3v) is 4.41. The number of nitrogens with zero attached hydrogens (tertiary/aromatic N) is 3. The number of carboxylic acids is 1. The number of hydrogen-bond acceptors (Lipinski definition) is 5. The van der Waals surface area contributed by atoms with Gasteiger partial charge in [0.15, 0.2) is 0 Å². The van der Waals surface area contributed by atoms with Gasteiger partial charge in [0.05, 0.1) is 17.4 Å². The van der Waals surface area contributed by atoms with E-state index in [-0.39, 0.29) is 23.6 Å². The van der Waals surface area contributed by atoms with Crippen LogP contribution in [0.15, 0.2) is 18.3 Å². The van der Waals surface area contributed by atoms with E-state index < -0.39 is 22.0 Å². The molecule has 0 unspecified atom stereocenters. The molecule has 1 aromatic heterocycles. The van der Waals surface area contributed by atoms with Crippen LogP contribution in [0.2, 0.25) is 0 Å². The molecule has 94 valence electrons. The molecular formula is C10H9N3O4S. The fourth-order valence-corrected chi connectivity index (χ4v) is 3.49. The molecule has 7 nitrogen and oxygen atoms in total. The van der Waals surface area contributed by atoms with Crippen molar-refractivity contribution in [3.8, 4) is 6.07 Å². The van der Waals surface area contributed by atoms with Crippen molar-refractivity contribution in [1.82, 2.24) is 4.98 Å². The number of hydrogen-bond donors (Lipinski definition) is 1. The van der Waals surface area contributed by atoms with Crippen LogP contribution in [0.5, 0.6) is 0 Å². The van der Waals surface area contributed by atoms with Crippen molar-refractivity contribution in [3.63, 3.8) is 0 Å². The van der Waals surface area contributed by atoms with Crippen LogP contribution < -0.4 is 4.31 Å². The summed E-state index contributed by atoms with van der Waals surface area (Å²) in [7, 11) is -3.68. The van der Waals surface area contributed by atoms with Gasteiger partial charge in [0.2, 0.25) is 10.0 Å². The highest BCUT2D eigenvalue weighted by atomic mass is 32.2. The first-order valence-electron chi connectivity index (χ1n) is 5.07. The van der Waals surface area contributed by atoms with Crippen molar-refractivity contribution in [3.05, 3.63) is 23.9 Å². The molecule has 0 bridgehead atoms. The molecule has 0 radical (unpaired) electrons. The van der Waals surface area contributed by atoms with Crippen molar-refractivity contribution in [2.24, 2.45) is 0 Å². The first kappa shape index (κ1) is 12.3. The molecule has 8 heteroatoms. The number of sulfonamides is 1. The zero-order valence-corrected chi connectivity index (χ0v) is 9.96. The van der Waals surface area contributed by atoms with Crippen molar-refractivity contribution >= 4 is 21.8 Å². The van der Waals surface area contributed by atoms with Gasteiger partial charge in [0, 0.05) is 6.20 Å². The Morgan fingerprint density at radius 3 is 2.94 bits per heavy atom. The number of aromatic nitrogens is 1. The van der Waals surface area contributed by atoms with Crippen molar-refractivity contribution < 1.29 is 18.3 Å². The maximum atomic E-state index is 11.8. The minimum atomic E-state index is -3.68. The van der Waals surface area contributed by atoms with Gasteiger partial charge in [0.25, 0.3) is 0 Å². The second-order valence-electron chi connectivity index (χ2n) is 3.77. The molecule has 1 fully saturated rings. The highest BCUT2D eigenvalue weighted by molar-refractivity contribution is 7.93. The Labute approximate surface area is 103 Å².